The van der Waals surface area contributed by atoms with Crippen molar-refractivity contribution in [2.75, 3.05) is 0 Å². The van der Waals surface area contributed by atoms with E-state index in [4.69, 9.17) is 0 Å². The second-order valence-corrected chi connectivity index (χ2v) is 10.5. The summed E-state index contributed by atoms with van der Waals surface area (Å²) in [7, 11) is -1.54. The van der Waals surface area contributed by atoms with Crippen LogP contribution in [0, 0.1) is 0 Å². The van der Waals surface area contributed by atoms with Gasteiger partial charge < -0.3 is 0 Å². The molecule has 0 aromatic heterocycles. The van der Waals surface area contributed by atoms with Crippen LogP contribution in [0.4, 0.5) is 0 Å². The van der Waals surface area contributed by atoms with E-state index in [0.29, 0.717) is 0 Å². The lowest BCUT2D eigenvalue weighted by Crippen LogP contribution is -2.44. The number of rotatable bonds is 8. The van der Waals surface area contributed by atoms with E-state index >= 15 is 0 Å². The highest BCUT2D eigenvalue weighted by Crippen LogP contribution is 2.28. The molecule has 0 bridgehead atoms. The number of allylic oxidation sites excluding steroid dienone is 3. The van der Waals surface area contributed by atoms with E-state index in [1.807, 2.05) is 0 Å². The maximum Gasteiger partial charge on any atom is 0.107 e. The Hall–Kier alpha value is -1.08. The van der Waals surface area contributed by atoms with Gasteiger partial charge in [-0.25, -0.2) is 0 Å². The molecule has 1 aromatic rings. The molecular formula is C19H30Si. The third kappa shape index (κ3) is 4.21. The largest absolute Gasteiger partial charge is 0.107 e. The van der Waals surface area contributed by atoms with E-state index in [0.717, 1.165) is 6.42 Å². The Balaban J connectivity index is 3.28. The molecule has 20 heavy (non-hydrogen) atoms. The minimum absolute atomic E-state index is 1.06. The van der Waals surface area contributed by atoms with Crippen molar-refractivity contribution < 1.29 is 0 Å². The Morgan fingerprint density at radius 1 is 1.05 bits per heavy atom. The van der Waals surface area contributed by atoms with Crippen molar-refractivity contribution in [1.82, 2.24) is 0 Å². The van der Waals surface area contributed by atoms with Crippen molar-refractivity contribution in [2.45, 2.75) is 59.0 Å². The summed E-state index contributed by atoms with van der Waals surface area (Å²) in [5.41, 5.74) is 1.66. The summed E-state index contributed by atoms with van der Waals surface area (Å²) in [6.07, 6.45) is 8.09. The highest BCUT2D eigenvalue weighted by atomic mass is 28.3. The van der Waals surface area contributed by atoms with Crippen LogP contribution < -0.4 is 5.19 Å². The third-order valence-electron chi connectivity index (χ3n) is 4.12. The number of hydrogen-bond donors (Lipinski definition) is 0. The van der Waals surface area contributed by atoms with Crippen LogP contribution in [0.2, 0.25) is 13.1 Å². The molecule has 0 aliphatic rings. The smallest absolute Gasteiger partial charge is 0.103 e. The predicted octanol–water partition coefficient (Wildman–Crippen LogP) is 5.61. The summed E-state index contributed by atoms with van der Waals surface area (Å²) < 4.78 is 0. The molecule has 0 saturated heterocycles. The minimum Gasteiger partial charge on any atom is -0.103 e. The topological polar surface area (TPSA) is 0 Å². The van der Waals surface area contributed by atoms with E-state index in [1.165, 1.54) is 25.7 Å². The van der Waals surface area contributed by atoms with Crippen molar-refractivity contribution in [3.8, 4) is 0 Å². The van der Waals surface area contributed by atoms with Crippen LogP contribution >= 0.6 is 0 Å². The first-order valence-electron chi connectivity index (χ1n) is 7.95. The maximum absolute atomic E-state index is 3.96. The van der Waals surface area contributed by atoms with Crippen LogP contribution in [0.25, 0.3) is 0 Å². The fourth-order valence-electron chi connectivity index (χ4n) is 3.06. The van der Waals surface area contributed by atoms with Crippen molar-refractivity contribution in [2.24, 2.45) is 0 Å². The van der Waals surface area contributed by atoms with E-state index in [2.05, 4.69) is 69.9 Å². The third-order valence-corrected chi connectivity index (χ3v) is 8.01. The van der Waals surface area contributed by atoms with Gasteiger partial charge in [-0.15, -0.1) is 6.58 Å². The van der Waals surface area contributed by atoms with Crippen LogP contribution in [0.5, 0.6) is 0 Å². The van der Waals surface area contributed by atoms with Gasteiger partial charge in [-0.05, 0) is 19.3 Å². The van der Waals surface area contributed by atoms with Gasteiger partial charge in [0.15, 0.2) is 0 Å². The van der Waals surface area contributed by atoms with Gasteiger partial charge in [-0.1, -0.05) is 92.1 Å². The van der Waals surface area contributed by atoms with Crippen LogP contribution in [-0.2, 0) is 0 Å². The van der Waals surface area contributed by atoms with Gasteiger partial charge in [-0.2, -0.15) is 0 Å². The molecule has 0 saturated carbocycles. The molecule has 1 heteroatoms. The first-order chi connectivity index (χ1) is 9.57. The molecule has 1 aromatic carbocycles. The molecule has 110 valence electrons. The van der Waals surface area contributed by atoms with Gasteiger partial charge in [0.1, 0.15) is 8.07 Å². The average molecular weight is 287 g/mol. The fraction of sp³-hybridized carbons (Fsp3) is 0.474. The standard InChI is InChI=1S/C19H30Si/c1-6-12-17(13-7-2)19(14-8-3)20(4,5)18-15-10-9-11-16-18/h6,9-11,15-16H,1,7-8,12-14H2,2-5H3/b19-17+. The molecule has 1 rings (SSSR count). The van der Waals surface area contributed by atoms with Gasteiger partial charge in [0.2, 0.25) is 0 Å². The highest BCUT2D eigenvalue weighted by molar-refractivity contribution is 6.95. The summed E-state index contributed by atoms with van der Waals surface area (Å²) in [5, 5.41) is 3.31. The molecule has 0 heterocycles. The van der Waals surface area contributed by atoms with Crippen molar-refractivity contribution >= 4 is 13.3 Å². The molecule has 0 atom stereocenters. The first-order valence-corrected chi connectivity index (χ1v) is 11.0. The summed E-state index contributed by atoms with van der Waals surface area (Å²) >= 11 is 0. The average Bonchev–Trinajstić information content (AvgIpc) is 2.45. The predicted molar refractivity (Wildman–Crippen MR) is 95.2 cm³/mol. The Labute approximate surface area is 126 Å². The zero-order chi connectivity index (χ0) is 15.0. The normalized spacial score (nSPS) is 13.0. The van der Waals surface area contributed by atoms with Crippen molar-refractivity contribution in [3.63, 3.8) is 0 Å². The lowest BCUT2D eigenvalue weighted by Gasteiger charge is -2.30. The van der Waals surface area contributed by atoms with Gasteiger partial charge >= 0.3 is 0 Å². The molecule has 0 aliphatic carbocycles. The van der Waals surface area contributed by atoms with Crippen LogP contribution in [-0.4, -0.2) is 8.07 Å². The Morgan fingerprint density at radius 2 is 1.65 bits per heavy atom. The highest BCUT2D eigenvalue weighted by Gasteiger charge is 2.29. The SMILES string of the molecule is C=CC/C(CCC)=C(/CCC)[Si](C)(C)c1ccccc1. The second-order valence-electron chi connectivity index (χ2n) is 6.07. The second kappa shape index (κ2) is 8.26. The molecule has 0 radical (unpaired) electrons. The number of hydrogen-bond acceptors (Lipinski definition) is 0. The first kappa shape index (κ1) is 17.0. The van der Waals surface area contributed by atoms with Gasteiger partial charge in [0, 0.05) is 0 Å². The van der Waals surface area contributed by atoms with E-state index in [-0.39, 0.29) is 0 Å². The molecule has 0 N–H and O–H groups in total. The Kier molecular flexibility index (Phi) is 7.01. The van der Waals surface area contributed by atoms with E-state index < -0.39 is 8.07 Å². The van der Waals surface area contributed by atoms with Crippen LogP contribution in [0.15, 0.2) is 53.8 Å². The fourth-order valence-corrected chi connectivity index (χ4v) is 6.42. The molecule has 0 fully saturated rings. The van der Waals surface area contributed by atoms with Crippen molar-refractivity contribution in [1.29, 1.82) is 0 Å². The maximum atomic E-state index is 3.96. The summed E-state index contributed by atoms with van der Waals surface area (Å²) in [5.74, 6) is 0. The zero-order valence-corrected chi connectivity index (χ0v) is 14.7. The molecule has 0 nitrogen and oxygen atoms in total. The molecular weight excluding hydrogens is 256 g/mol. The lowest BCUT2D eigenvalue weighted by molar-refractivity contribution is 0.840. The van der Waals surface area contributed by atoms with Gasteiger partial charge in [-0.3, -0.25) is 0 Å². The number of benzene rings is 1. The molecule has 0 amide bonds. The van der Waals surface area contributed by atoms with E-state index in [1.54, 1.807) is 16.0 Å². The lowest BCUT2D eigenvalue weighted by atomic mass is 10.1. The summed E-state index contributed by atoms with van der Waals surface area (Å²) in [6, 6.07) is 11.1. The monoisotopic (exact) mass is 286 g/mol. The molecule has 0 spiro atoms. The van der Waals surface area contributed by atoms with Crippen LogP contribution in [0.1, 0.15) is 46.0 Å². The summed E-state index contributed by atoms with van der Waals surface area (Å²) in [6.45, 7) is 13.6. The summed E-state index contributed by atoms with van der Waals surface area (Å²) in [4.78, 5) is 0. The van der Waals surface area contributed by atoms with Gasteiger partial charge in [0.05, 0.1) is 0 Å². The Morgan fingerprint density at radius 3 is 2.15 bits per heavy atom. The van der Waals surface area contributed by atoms with Crippen LogP contribution in [0.3, 0.4) is 0 Å². The minimum atomic E-state index is -1.54. The Bertz CT molecular complexity index is 440. The molecule has 0 unspecified atom stereocenters. The quantitative estimate of drug-likeness (QED) is 0.430. The van der Waals surface area contributed by atoms with Crippen molar-refractivity contribution in [3.05, 3.63) is 53.8 Å². The van der Waals surface area contributed by atoms with E-state index in [9.17, 15) is 0 Å². The zero-order valence-electron chi connectivity index (χ0n) is 13.7. The molecule has 0 aliphatic heterocycles. The van der Waals surface area contributed by atoms with Gasteiger partial charge in [0.25, 0.3) is 0 Å².